The third kappa shape index (κ3) is 4.89. The number of fused-ring (bicyclic) bond motifs is 1. The van der Waals surface area contributed by atoms with E-state index in [1.807, 2.05) is 0 Å². The van der Waals surface area contributed by atoms with Crippen molar-refractivity contribution in [1.29, 1.82) is 5.26 Å². The quantitative estimate of drug-likeness (QED) is 0.328. The number of nitriles is 1. The molecule has 194 valence electrons. The van der Waals surface area contributed by atoms with E-state index in [0.29, 0.717) is 18.2 Å². The van der Waals surface area contributed by atoms with Crippen LogP contribution in [0.5, 0.6) is 0 Å². The van der Waals surface area contributed by atoms with E-state index in [2.05, 4.69) is 21.4 Å². The number of nitrogens with zero attached hydrogens (tertiary/aromatic N) is 3. The summed E-state index contributed by atoms with van der Waals surface area (Å²) in [5.41, 5.74) is -2.60. The van der Waals surface area contributed by atoms with Crippen LogP contribution in [0.2, 0.25) is 0 Å². The molecule has 2 N–H and O–H groups in total. The van der Waals surface area contributed by atoms with Gasteiger partial charge in [-0.15, -0.1) is 0 Å². The first-order chi connectivity index (χ1) is 17.5. The first-order valence-electron chi connectivity index (χ1n) is 11.7. The van der Waals surface area contributed by atoms with Crippen molar-refractivity contribution in [3.8, 4) is 6.07 Å². The lowest BCUT2D eigenvalue weighted by molar-refractivity contribution is -0.0794. The average Bonchev–Trinajstić information content (AvgIpc) is 3.65. The van der Waals surface area contributed by atoms with Gasteiger partial charge in [-0.2, -0.15) is 19.0 Å². The molecule has 0 radical (unpaired) electrons. The van der Waals surface area contributed by atoms with Crippen molar-refractivity contribution in [3.05, 3.63) is 79.8 Å². The van der Waals surface area contributed by atoms with Crippen LogP contribution in [0.25, 0.3) is 11.0 Å². The summed E-state index contributed by atoms with van der Waals surface area (Å²) in [4.78, 5) is 31.6. The zero-order chi connectivity index (χ0) is 27.0. The molecule has 1 atom stereocenters. The Morgan fingerprint density at radius 1 is 1.38 bits per heavy atom. The van der Waals surface area contributed by atoms with E-state index >= 15 is 4.39 Å². The molecule has 0 unspecified atom stereocenters. The number of hydrogen-bond acceptors (Lipinski definition) is 6. The van der Waals surface area contributed by atoms with Crippen LogP contribution in [0.15, 0.2) is 46.0 Å². The minimum absolute atomic E-state index is 0.0224. The number of halogens is 3. The molecule has 4 rings (SSSR count). The van der Waals surface area contributed by atoms with E-state index < -0.39 is 46.6 Å². The number of rotatable bonds is 9. The number of aromatic nitrogens is 3. The van der Waals surface area contributed by atoms with Crippen LogP contribution < -0.4 is 16.6 Å². The minimum Gasteiger partial charge on any atom is -0.371 e. The van der Waals surface area contributed by atoms with Gasteiger partial charge < -0.3 is 10.1 Å². The molecular formula is C26H26F3N5O3. The van der Waals surface area contributed by atoms with Crippen molar-refractivity contribution >= 4 is 16.9 Å². The van der Waals surface area contributed by atoms with Crippen LogP contribution in [0.3, 0.4) is 0 Å². The largest absolute Gasteiger partial charge is 0.371 e. The fraction of sp³-hybridized carbons (Fsp3) is 0.385. The van der Waals surface area contributed by atoms with Gasteiger partial charge in [0.05, 0.1) is 35.1 Å². The molecule has 37 heavy (non-hydrogen) atoms. The SMILES string of the molecule is C/C=C\COCC(F)(F)c1cccc([C@@H](C)Nc2[nH]c(=O)nc3c2cc(C2(C#N)CC2)c(=O)n3C)c1F. The Kier molecular flexibility index (Phi) is 6.97. The molecule has 0 bridgehead atoms. The number of H-pyrrole nitrogens is 1. The minimum atomic E-state index is -3.57. The van der Waals surface area contributed by atoms with Gasteiger partial charge in [0.15, 0.2) is 5.65 Å². The first-order valence-corrected chi connectivity index (χ1v) is 11.7. The maximum atomic E-state index is 15.3. The van der Waals surface area contributed by atoms with E-state index in [0.717, 1.165) is 6.07 Å². The molecule has 1 aromatic carbocycles. The van der Waals surface area contributed by atoms with E-state index in [-0.39, 0.29) is 29.2 Å². The van der Waals surface area contributed by atoms with Gasteiger partial charge in [-0.25, -0.2) is 9.18 Å². The van der Waals surface area contributed by atoms with Crippen molar-refractivity contribution in [2.24, 2.45) is 7.05 Å². The lowest BCUT2D eigenvalue weighted by Crippen LogP contribution is -2.29. The van der Waals surface area contributed by atoms with Gasteiger partial charge in [0.1, 0.15) is 18.2 Å². The number of alkyl halides is 2. The van der Waals surface area contributed by atoms with E-state index in [1.54, 1.807) is 26.0 Å². The van der Waals surface area contributed by atoms with Crippen LogP contribution in [-0.4, -0.2) is 27.7 Å². The molecule has 0 saturated heterocycles. The highest BCUT2D eigenvalue weighted by Crippen LogP contribution is 2.46. The smallest absolute Gasteiger partial charge is 0.348 e. The Labute approximate surface area is 210 Å². The number of benzene rings is 1. The van der Waals surface area contributed by atoms with Crippen LogP contribution in [0.1, 0.15) is 49.4 Å². The number of ether oxygens (including phenoxy) is 1. The van der Waals surface area contributed by atoms with E-state index in [9.17, 15) is 23.6 Å². The lowest BCUT2D eigenvalue weighted by atomic mass is 9.98. The second kappa shape index (κ2) is 9.86. The summed E-state index contributed by atoms with van der Waals surface area (Å²) < 4.78 is 50.9. The highest BCUT2D eigenvalue weighted by molar-refractivity contribution is 5.87. The number of nitrogens with one attached hydrogen (secondary N) is 2. The van der Waals surface area contributed by atoms with Crippen LogP contribution >= 0.6 is 0 Å². The zero-order valence-electron chi connectivity index (χ0n) is 20.6. The maximum Gasteiger partial charge on any atom is 0.348 e. The fourth-order valence-electron chi connectivity index (χ4n) is 4.26. The lowest BCUT2D eigenvalue weighted by Gasteiger charge is -2.22. The number of anilines is 1. The molecule has 3 aromatic rings. The van der Waals surface area contributed by atoms with E-state index in [4.69, 9.17) is 4.74 Å². The fourth-order valence-corrected chi connectivity index (χ4v) is 4.26. The van der Waals surface area contributed by atoms with Gasteiger partial charge in [0, 0.05) is 18.2 Å². The van der Waals surface area contributed by atoms with Crippen LogP contribution in [0.4, 0.5) is 19.0 Å². The number of hydrogen-bond donors (Lipinski definition) is 2. The first kappa shape index (κ1) is 26.2. The molecule has 1 fully saturated rings. The Hall–Kier alpha value is -3.91. The summed E-state index contributed by atoms with van der Waals surface area (Å²) >= 11 is 0. The molecular weight excluding hydrogens is 487 g/mol. The van der Waals surface area contributed by atoms with Crippen molar-refractivity contribution in [2.75, 3.05) is 18.5 Å². The maximum absolute atomic E-state index is 15.3. The monoisotopic (exact) mass is 513 g/mol. The average molecular weight is 514 g/mol. The molecule has 1 aliphatic carbocycles. The molecule has 0 amide bonds. The normalized spacial score (nSPS) is 15.6. The van der Waals surface area contributed by atoms with Crippen molar-refractivity contribution in [2.45, 2.75) is 44.1 Å². The second-order valence-electron chi connectivity index (χ2n) is 9.13. The predicted octanol–water partition coefficient (Wildman–Crippen LogP) is 4.17. The van der Waals surface area contributed by atoms with Crippen molar-refractivity contribution in [1.82, 2.24) is 14.5 Å². The Balaban J connectivity index is 1.72. The van der Waals surface area contributed by atoms with Gasteiger partial charge in [-0.3, -0.25) is 14.3 Å². The summed E-state index contributed by atoms with van der Waals surface area (Å²) in [7, 11) is 1.45. The predicted molar refractivity (Wildman–Crippen MR) is 132 cm³/mol. The van der Waals surface area contributed by atoms with Crippen molar-refractivity contribution in [3.63, 3.8) is 0 Å². The Morgan fingerprint density at radius 3 is 2.76 bits per heavy atom. The number of aryl methyl sites for hydroxylation is 1. The molecule has 2 aromatic heterocycles. The number of pyridine rings is 1. The van der Waals surface area contributed by atoms with Gasteiger partial charge in [0.2, 0.25) is 0 Å². The molecule has 1 saturated carbocycles. The van der Waals surface area contributed by atoms with Crippen LogP contribution in [-0.2, 0) is 23.1 Å². The summed E-state index contributed by atoms with van der Waals surface area (Å²) in [5.74, 6) is -4.54. The van der Waals surface area contributed by atoms with Gasteiger partial charge >= 0.3 is 5.69 Å². The molecule has 8 nitrogen and oxygen atoms in total. The Bertz CT molecular complexity index is 1530. The molecule has 2 heterocycles. The third-order valence-corrected chi connectivity index (χ3v) is 6.55. The molecule has 11 heteroatoms. The number of aromatic amines is 1. The third-order valence-electron chi connectivity index (χ3n) is 6.55. The number of allylic oxidation sites excluding steroid dienone is 1. The zero-order valence-corrected chi connectivity index (χ0v) is 20.6. The summed E-state index contributed by atoms with van der Waals surface area (Å²) in [6, 6.07) is 6.53. The molecule has 0 aliphatic heterocycles. The van der Waals surface area contributed by atoms with Gasteiger partial charge in [-0.1, -0.05) is 24.3 Å². The van der Waals surface area contributed by atoms with Gasteiger partial charge in [-0.05, 0) is 38.8 Å². The van der Waals surface area contributed by atoms with Crippen LogP contribution in [0, 0.1) is 17.1 Å². The topological polar surface area (TPSA) is 113 Å². The summed E-state index contributed by atoms with van der Waals surface area (Å²) in [6.45, 7) is 2.27. The standard InChI is InChI=1S/C26H26F3N5O3/c1-4-5-11-37-14-26(28,29)18-8-6-7-16(20(18)27)15(2)31-21-17-12-19(25(13-30)9-10-25)23(35)34(3)22(17)33-24(36)32-21/h4-8,12,15H,9-11,14H2,1-3H3,(H2,31,32,33,36)/b5-4-/t15-/m1/s1. The Morgan fingerprint density at radius 2 is 2.11 bits per heavy atom. The molecule has 0 spiro atoms. The summed E-state index contributed by atoms with van der Waals surface area (Å²) in [5, 5.41) is 12.9. The van der Waals surface area contributed by atoms with Gasteiger partial charge in [0.25, 0.3) is 11.5 Å². The van der Waals surface area contributed by atoms with E-state index in [1.165, 1.54) is 29.8 Å². The highest BCUT2D eigenvalue weighted by atomic mass is 19.3. The second-order valence-corrected chi connectivity index (χ2v) is 9.13. The van der Waals surface area contributed by atoms with Crippen molar-refractivity contribution < 1.29 is 17.9 Å². The molecule has 1 aliphatic rings. The highest BCUT2D eigenvalue weighted by Gasteiger charge is 2.47. The summed E-state index contributed by atoms with van der Waals surface area (Å²) in [6.07, 6.45) is 4.29.